The molecule has 6 heteroatoms. The topological polar surface area (TPSA) is 67.4 Å². The highest BCUT2D eigenvalue weighted by Crippen LogP contribution is 2.22. The summed E-state index contributed by atoms with van der Waals surface area (Å²) in [6.45, 7) is 3.24. The van der Waals surface area contributed by atoms with Gasteiger partial charge in [-0.1, -0.05) is 28.1 Å². The van der Waals surface area contributed by atoms with E-state index in [1.807, 2.05) is 19.1 Å². The number of hydrogen-bond acceptors (Lipinski definition) is 3. The Kier molecular flexibility index (Phi) is 5.76. The Labute approximate surface area is 143 Å². The first-order valence-electron chi connectivity index (χ1n) is 7.01. The Morgan fingerprint density at radius 2 is 1.74 bits per heavy atom. The van der Waals surface area contributed by atoms with E-state index in [9.17, 15) is 9.59 Å². The first kappa shape index (κ1) is 17.0. The van der Waals surface area contributed by atoms with Gasteiger partial charge in [0.2, 0.25) is 5.91 Å². The lowest BCUT2D eigenvalue weighted by molar-refractivity contribution is -0.118. The van der Waals surface area contributed by atoms with Crippen LogP contribution < -0.4 is 15.4 Å². The molecule has 2 amide bonds. The fourth-order valence-electron chi connectivity index (χ4n) is 1.93. The van der Waals surface area contributed by atoms with E-state index in [-0.39, 0.29) is 18.4 Å². The average Bonchev–Trinajstić information content (AvgIpc) is 2.50. The molecule has 0 bridgehead atoms. The van der Waals surface area contributed by atoms with Crippen LogP contribution in [0.25, 0.3) is 0 Å². The van der Waals surface area contributed by atoms with Gasteiger partial charge in [-0.05, 0) is 42.8 Å². The van der Waals surface area contributed by atoms with Gasteiger partial charge >= 0.3 is 0 Å². The van der Waals surface area contributed by atoms with Crippen molar-refractivity contribution in [2.24, 2.45) is 0 Å². The van der Waals surface area contributed by atoms with E-state index in [4.69, 9.17) is 4.74 Å². The average molecular weight is 377 g/mol. The molecule has 0 heterocycles. The molecule has 0 saturated heterocycles. The Balaban J connectivity index is 1.97. The van der Waals surface area contributed by atoms with Crippen molar-refractivity contribution in [2.45, 2.75) is 13.8 Å². The van der Waals surface area contributed by atoms with Gasteiger partial charge in [0.15, 0.2) is 6.61 Å². The number of carbonyl (C=O) groups excluding carboxylic acids is 2. The molecule has 0 unspecified atom stereocenters. The normalized spacial score (nSPS) is 10.0. The van der Waals surface area contributed by atoms with Crippen molar-refractivity contribution in [2.75, 3.05) is 17.2 Å². The maximum Gasteiger partial charge on any atom is 0.262 e. The standard InChI is InChI=1S/C17H17BrN2O3/c1-11-9-13(7-8-14(11)18)23-10-17(22)20-16-6-4-3-5-15(16)19-12(2)21/h3-9H,10H2,1-2H3,(H,19,21)(H,20,22). The molecule has 2 rings (SSSR count). The van der Waals surface area contributed by atoms with Gasteiger partial charge in [0.25, 0.3) is 5.91 Å². The van der Waals surface area contributed by atoms with Crippen LogP contribution in [0.2, 0.25) is 0 Å². The lowest BCUT2D eigenvalue weighted by Crippen LogP contribution is -2.21. The highest BCUT2D eigenvalue weighted by atomic mass is 79.9. The van der Waals surface area contributed by atoms with Gasteiger partial charge in [0.1, 0.15) is 5.75 Å². The van der Waals surface area contributed by atoms with Crippen LogP contribution >= 0.6 is 15.9 Å². The highest BCUT2D eigenvalue weighted by Gasteiger charge is 2.08. The number of amides is 2. The number of rotatable bonds is 5. The number of ether oxygens (including phenoxy) is 1. The molecule has 0 aliphatic rings. The molecule has 0 aliphatic carbocycles. The second kappa shape index (κ2) is 7.78. The molecule has 2 aromatic carbocycles. The highest BCUT2D eigenvalue weighted by molar-refractivity contribution is 9.10. The first-order chi connectivity index (χ1) is 11.0. The summed E-state index contributed by atoms with van der Waals surface area (Å²) in [6.07, 6.45) is 0. The molecule has 23 heavy (non-hydrogen) atoms. The smallest absolute Gasteiger partial charge is 0.262 e. The first-order valence-corrected chi connectivity index (χ1v) is 7.80. The van der Waals surface area contributed by atoms with E-state index in [0.717, 1.165) is 10.0 Å². The van der Waals surface area contributed by atoms with Crippen LogP contribution in [0.3, 0.4) is 0 Å². The van der Waals surface area contributed by atoms with Crippen LogP contribution in [-0.4, -0.2) is 18.4 Å². The Hall–Kier alpha value is -2.34. The predicted molar refractivity (Wildman–Crippen MR) is 93.7 cm³/mol. The van der Waals surface area contributed by atoms with Crippen molar-refractivity contribution in [3.63, 3.8) is 0 Å². The van der Waals surface area contributed by atoms with Gasteiger partial charge in [-0.3, -0.25) is 9.59 Å². The number of para-hydroxylation sites is 2. The third kappa shape index (κ3) is 5.10. The number of aryl methyl sites for hydroxylation is 1. The van der Waals surface area contributed by atoms with Crippen molar-refractivity contribution in [3.05, 3.63) is 52.5 Å². The van der Waals surface area contributed by atoms with Gasteiger partial charge in [-0.2, -0.15) is 0 Å². The SMILES string of the molecule is CC(=O)Nc1ccccc1NC(=O)COc1ccc(Br)c(C)c1. The van der Waals surface area contributed by atoms with Gasteiger partial charge in [0, 0.05) is 11.4 Å². The number of benzene rings is 2. The lowest BCUT2D eigenvalue weighted by atomic mass is 10.2. The molecule has 0 aromatic heterocycles. The fourth-order valence-corrected chi connectivity index (χ4v) is 2.18. The van der Waals surface area contributed by atoms with Crippen LogP contribution in [-0.2, 0) is 9.59 Å². The summed E-state index contributed by atoms with van der Waals surface area (Å²) >= 11 is 3.41. The second-order valence-electron chi connectivity index (χ2n) is 4.97. The molecule has 5 nitrogen and oxygen atoms in total. The molecule has 0 saturated carbocycles. The number of anilines is 2. The number of nitrogens with one attached hydrogen (secondary N) is 2. The zero-order valence-electron chi connectivity index (χ0n) is 12.9. The van der Waals surface area contributed by atoms with E-state index < -0.39 is 0 Å². The van der Waals surface area contributed by atoms with E-state index >= 15 is 0 Å². The molecule has 0 aliphatic heterocycles. The van der Waals surface area contributed by atoms with Gasteiger partial charge in [-0.25, -0.2) is 0 Å². The molecule has 120 valence electrons. The van der Waals surface area contributed by atoms with Gasteiger partial charge in [0.05, 0.1) is 11.4 Å². The van der Waals surface area contributed by atoms with Crippen molar-refractivity contribution < 1.29 is 14.3 Å². The molecule has 0 atom stereocenters. The van der Waals surface area contributed by atoms with Crippen LogP contribution in [0.15, 0.2) is 46.9 Å². The maximum atomic E-state index is 12.0. The number of halogens is 1. The molecular formula is C17H17BrN2O3. The predicted octanol–water partition coefficient (Wildman–Crippen LogP) is 3.73. The lowest BCUT2D eigenvalue weighted by Gasteiger charge is -2.12. The zero-order chi connectivity index (χ0) is 16.8. The summed E-state index contributed by atoms with van der Waals surface area (Å²) in [5.74, 6) is 0.118. The molecule has 0 fully saturated rings. The summed E-state index contributed by atoms with van der Waals surface area (Å²) in [5, 5.41) is 5.39. The minimum atomic E-state index is -0.302. The molecule has 0 spiro atoms. The Bertz CT molecular complexity index is 732. The zero-order valence-corrected chi connectivity index (χ0v) is 14.4. The Morgan fingerprint density at radius 1 is 1.09 bits per heavy atom. The van der Waals surface area contributed by atoms with Gasteiger partial charge < -0.3 is 15.4 Å². The molecular weight excluding hydrogens is 360 g/mol. The number of hydrogen-bond donors (Lipinski definition) is 2. The maximum absolute atomic E-state index is 12.0. The van der Waals surface area contributed by atoms with Crippen molar-refractivity contribution in [1.29, 1.82) is 0 Å². The molecule has 2 N–H and O–H groups in total. The summed E-state index contributed by atoms with van der Waals surface area (Å²) in [7, 11) is 0. The molecule has 0 radical (unpaired) electrons. The van der Waals surface area contributed by atoms with Crippen LogP contribution in [0.5, 0.6) is 5.75 Å². The van der Waals surface area contributed by atoms with Crippen molar-refractivity contribution in [3.8, 4) is 5.75 Å². The minimum Gasteiger partial charge on any atom is -0.484 e. The summed E-state index contributed by atoms with van der Waals surface area (Å²) in [5.41, 5.74) is 2.11. The van der Waals surface area contributed by atoms with E-state index in [1.54, 1.807) is 30.3 Å². The van der Waals surface area contributed by atoms with Crippen LogP contribution in [0, 0.1) is 6.92 Å². The summed E-state index contributed by atoms with van der Waals surface area (Å²) < 4.78 is 6.46. The van der Waals surface area contributed by atoms with Crippen molar-refractivity contribution >= 4 is 39.1 Å². The fraction of sp³-hybridized carbons (Fsp3) is 0.176. The van der Waals surface area contributed by atoms with E-state index in [0.29, 0.717) is 17.1 Å². The van der Waals surface area contributed by atoms with E-state index in [1.165, 1.54) is 6.92 Å². The van der Waals surface area contributed by atoms with Crippen LogP contribution in [0.1, 0.15) is 12.5 Å². The Morgan fingerprint density at radius 3 is 2.35 bits per heavy atom. The monoisotopic (exact) mass is 376 g/mol. The van der Waals surface area contributed by atoms with Gasteiger partial charge in [-0.15, -0.1) is 0 Å². The summed E-state index contributed by atoms with van der Waals surface area (Å²) in [4.78, 5) is 23.2. The number of carbonyl (C=O) groups is 2. The molecule has 2 aromatic rings. The van der Waals surface area contributed by atoms with Crippen LogP contribution in [0.4, 0.5) is 11.4 Å². The van der Waals surface area contributed by atoms with Crippen molar-refractivity contribution in [1.82, 2.24) is 0 Å². The minimum absolute atomic E-state index is 0.116. The largest absolute Gasteiger partial charge is 0.484 e. The third-order valence-electron chi connectivity index (χ3n) is 3.01. The quantitative estimate of drug-likeness (QED) is 0.835. The van der Waals surface area contributed by atoms with E-state index in [2.05, 4.69) is 26.6 Å². The summed E-state index contributed by atoms with van der Waals surface area (Å²) in [6, 6.07) is 12.5. The second-order valence-corrected chi connectivity index (χ2v) is 5.83. The third-order valence-corrected chi connectivity index (χ3v) is 3.90.